The lowest BCUT2D eigenvalue weighted by Crippen LogP contribution is -1.90. The van der Waals surface area contributed by atoms with E-state index in [1.54, 1.807) is 22.7 Å². The average molecular weight is 270 g/mol. The number of nitriles is 2. The van der Waals surface area contributed by atoms with Crippen LogP contribution in [0.25, 0.3) is 15.3 Å². The first kappa shape index (κ1) is 11.1. The topological polar surface area (TPSA) is 73.4 Å². The van der Waals surface area contributed by atoms with Crippen molar-refractivity contribution in [2.75, 3.05) is 0 Å². The van der Waals surface area contributed by atoms with Crippen LogP contribution in [0.15, 0.2) is 5.57 Å². The summed E-state index contributed by atoms with van der Waals surface area (Å²) in [7, 11) is 0. The molecule has 3 rings (SSSR count). The molecule has 2 heterocycles. The third kappa shape index (κ3) is 1.34. The van der Waals surface area contributed by atoms with Gasteiger partial charge in [-0.05, 0) is 13.8 Å². The number of allylic oxidation sites excluding steroid dienone is 1. The van der Waals surface area contributed by atoms with Gasteiger partial charge in [0.25, 0.3) is 0 Å². The van der Waals surface area contributed by atoms with Crippen molar-refractivity contribution in [1.29, 1.82) is 10.5 Å². The minimum atomic E-state index is 0.0885. The first-order valence-electron chi connectivity index (χ1n) is 5.16. The molecule has 0 bridgehead atoms. The zero-order chi connectivity index (χ0) is 12.9. The molecule has 0 N–H and O–H groups in total. The second-order valence-corrected chi connectivity index (χ2v) is 6.20. The number of aromatic nitrogens is 2. The second kappa shape index (κ2) is 3.74. The quantitative estimate of drug-likeness (QED) is 0.588. The fourth-order valence-electron chi connectivity index (χ4n) is 1.99. The van der Waals surface area contributed by atoms with Gasteiger partial charge in [-0.1, -0.05) is 0 Å². The van der Waals surface area contributed by atoms with E-state index in [-0.39, 0.29) is 5.57 Å². The summed E-state index contributed by atoms with van der Waals surface area (Å²) in [4.78, 5) is 10.9. The maximum Gasteiger partial charge on any atom is 0.141 e. The van der Waals surface area contributed by atoms with Crippen LogP contribution in [-0.2, 0) is 0 Å². The Kier molecular flexibility index (Phi) is 2.30. The highest BCUT2D eigenvalue weighted by Gasteiger charge is 2.33. The number of hydrogen-bond donors (Lipinski definition) is 0. The van der Waals surface area contributed by atoms with Crippen LogP contribution in [0.2, 0.25) is 0 Å². The van der Waals surface area contributed by atoms with Gasteiger partial charge >= 0.3 is 0 Å². The normalized spacial score (nSPS) is 11.7. The van der Waals surface area contributed by atoms with E-state index in [1.165, 1.54) is 0 Å². The zero-order valence-corrected chi connectivity index (χ0v) is 11.2. The first-order chi connectivity index (χ1) is 8.65. The molecule has 0 aromatic carbocycles. The van der Waals surface area contributed by atoms with Crippen LogP contribution < -0.4 is 0 Å². The highest BCUT2D eigenvalue weighted by Crippen LogP contribution is 2.50. The van der Waals surface area contributed by atoms with Crippen LogP contribution in [0.3, 0.4) is 0 Å². The van der Waals surface area contributed by atoms with Crippen LogP contribution in [0.1, 0.15) is 21.4 Å². The van der Waals surface area contributed by atoms with Crippen LogP contribution in [0.4, 0.5) is 0 Å². The Morgan fingerprint density at radius 1 is 0.944 bits per heavy atom. The van der Waals surface area contributed by atoms with E-state index in [1.807, 2.05) is 26.0 Å². The van der Waals surface area contributed by atoms with Gasteiger partial charge in [-0.15, -0.1) is 22.7 Å². The van der Waals surface area contributed by atoms with Gasteiger partial charge in [0.1, 0.15) is 17.7 Å². The third-order valence-electron chi connectivity index (χ3n) is 2.62. The zero-order valence-electron chi connectivity index (χ0n) is 9.61. The first-order valence-corrected chi connectivity index (χ1v) is 6.79. The molecule has 0 atom stereocenters. The van der Waals surface area contributed by atoms with Crippen LogP contribution >= 0.6 is 22.7 Å². The lowest BCUT2D eigenvalue weighted by Gasteiger charge is -1.96. The maximum atomic E-state index is 9.07. The van der Waals surface area contributed by atoms with E-state index < -0.39 is 0 Å². The van der Waals surface area contributed by atoms with Crippen LogP contribution in [0.5, 0.6) is 0 Å². The molecule has 0 amide bonds. The molecular weight excluding hydrogens is 264 g/mol. The molecule has 0 radical (unpaired) electrons. The molecule has 2 aromatic rings. The van der Waals surface area contributed by atoms with Crippen LogP contribution in [-0.4, -0.2) is 9.97 Å². The van der Waals surface area contributed by atoms with E-state index in [4.69, 9.17) is 10.5 Å². The molecule has 0 unspecified atom stereocenters. The highest BCUT2D eigenvalue weighted by atomic mass is 32.1. The fourth-order valence-corrected chi connectivity index (χ4v) is 3.97. The molecule has 0 spiro atoms. The Hall–Kier alpha value is -2.02. The summed E-state index contributed by atoms with van der Waals surface area (Å²) in [6.07, 6.45) is 0. The summed E-state index contributed by atoms with van der Waals surface area (Å²) in [6.45, 7) is 3.85. The summed E-state index contributed by atoms with van der Waals surface area (Å²) >= 11 is 3.16. The number of rotatable bonds is 0. The molecule has 2 aromatic heterocycles. The Morgan fingerprint density at radius 2 is 1.39 bits per heavy atom. The van der Waals surface area contributed by atoms with Gasteiger partial charge in [0.15, 0.2) is 0 Å². The molecule has 1 aliphatic rings. The minimum absolute atomic E-state index is 0.0885. The van der Waals surface area contributed by atoms with Crippen LogP contribution in [0, 0.1) is 36.5 Å². The maximum absolute atomic E-state index is 9.07. The van der Waals surface area contributed by atoms with E-state index in [9.17, 15) is 0 Å². The van der Waals surface area contributed by atoms with Gasteiger partial charge in [-0.3, -0.25) is 0 Å². The van der Waals surface area contributed by atoms with Gasteiger partial charge in [0.05, 0.1) is 36.7 Å². The molecule has 1 aliphatic carbocycles. The molecule has 86 valence electrons. The molecule has 0 saturated carbocycles. The molecule has 0 aliphatic heterocycles. The van der Waals surface area contributed by atoms with Crippen molar-refractivity contribution in [3.05, 3.63) is 27.0 Å². The van der Waals surface area contributed by atoms with Crippen molar-refractivity contribution in [1.82, 2.24) is 9.97 Å². The summed E-state index contributed by atoms with van der Waals surface area (Å²) in [5.74, 6) is 0. The van der Waals surface area contributed by atoms with Gasteiger partial charge < -0.3 is 0 Å². The number of nitrogens with zero attached hydrogens (tertiary/aromatic N) is 4. The summed E-state index contributed by atoms with van der Waals surface area (Å²) in [6, 6.07) is 3.88. The summed E-state index contributed by atoms with van der Waals surface area (Å²) < 4.78 is 0. The van der Waals surface area contributed by atoms with Crippen molar-refractivity contribution in [2.45, 2.75) is 13.8 Å². The van der Waals surface area contributed by atoms with Crippen molar-refractivity contribution in [3.8, 4) is 21.9 Å². The van der Waals surface area contributed by atoms with E-state index in [0.717, 1.165) is 31.2 Å². The lowest BCUT2D eigenvalue weighted by atomic mass is 10.1. The Balaban J connectivity index is 2.44. The SMILES string of the molecule is Cc1nc2c(s1)-c1sc(C)nc1C2=C(C#N)C#N. The van der Waals surface area contributed by atoms with Gasteiger partial charge in [-0.25, -0.2) is 9.97 Å². The molecule has 18 heavy (non-hydrogen) atoms. The Labute approximate surface area is 111 Å². The number of aryl methyl sites for hydroxylation is 2. The van der Waals surface area contributed by atoms with Crippen molar-refractivity contribution < 1.29 is 0 Å². The van der Waals surface area contributed by atoms with Gasteiger partial charge in [0.2, 0.25) is 0 Å². The average Bonchev–Trinajstić information content (AvgIpc) is 2.94. The molecular formula is C12H6N4S2. The predicted molar refractivity (Wildman–Crippen MR) is 69.9 cm³/mol. The number of fused-ring (bicyclic) bond motifs is 3. The predicted octanol–water partition coefficient (Wildman–Crippen LogP) is 3.05. The number of thiazole rings is 2. The molecule has 4 nitrogen and oxygen atoms in total. The van der Waals surface area contributed by atoms with Crippen molar-refractivity contribution >= 4 is 28.2 Å². The molecule has 0 saturated heterocycles. The van der Waals surface area contributed by atoms with Crippen molar-refractivity contribution in [2.24, 2.45) is 0 Å². The molecule has 6 heteroatoms. The van der Waals surface area contributed by atoms with E-state index >= 15 is 0 Å². The number of hydrogen-bond acceptors (Lipinski definition) is 6. The summed E-state index contributed by atoms with van der Waals surface area (Å²) in [5, 5.41) is 20.0. The largest absolute Gasteiger partial charge is 0.241 e. The van der Waals surface area contributed by atoms with E-state index in [2.05, 4.69) is 9.97 Å². The standard InChI is InChI=1S/C12H6N4S2/c1-5-15-9-8(7(3-13)4-14)10-12(11(9)17-5)18-6(2)16-10/h1-2H3. The van der Waals surface area contributed by atoms with Crippen molar-refractivity contribution in [3.63, 3.8) is 0 Å². The van der Waals surface area contributed by atoms with E-state index in [0.29, 0.717) is 5.57 Å². The minimum Gasteiger partial charge on any atom is -0.241 e. The summed E-state index contributed by atoms with van der Waals surface area (Å²) in [5.41, 5.74) is 2.16. The third-order valence-corrected chi connectivity index (χ3v) is 4.73. The Bertz CT molecular complexity index is 716. The van der Waals surface area contributed by atoms with Gasteiger partial charge in [0, 0.05) is 0 Å². The lowest BCUT2D eigenvalue weighted by molar-refractivity contribution is 1.23. The monoisotopic (exact) mass is 270 g/mol. The van der Waals surface area contributed by atoms with Gasteiger partial charge in [-0.2, -0.15) is 10.5 Å². The fraction of sp³-hybridized carbons (Fsp3) is 0.167. The highest BCUT2D eigenvalue weighted by molar-refractivity contribution is 7.22. The smallest absolute Gasteiger partial charge is 0.141 e. The Morgan fingerprint density at radius 3 is 1.78 bits per heavy atom. The molecule has 0 fully saturated rings. The second-order valence-electron chi connectivity index (χ2n) is 3.79.